The summed E-state index contributed by atoms with van der Waals surface area (Å²) in [6.07, 6.45) is 0. The summed E-state index contributed by atoms with van der Waals surface area (Å²) in [5.74, 6) is -0.208. The summed E-state index contributed by atoms with van der Waals surface area (Å²) in [6.45, 7) is 0. The Morgan fingerprint density at radius 2 is 1.48 bits per heavy atom. The van der Waals surface area contributed by atoms with Gasteiger partial charge in [0.05, 0.1) is 14.2 Å². The third-order valence-corrected chi connectivity index (χ3v) is 3.83. The number of nitrogens with one attached hydrogen (secondary N) is 2. The Labute approximate surface area is 153 Å². The van der Waals surface area contributed by atoms with Crippen molar-refractivity contribution < 1.29 is 23.5 Å². The second-order valence-corrected chi connectivity index (χ2v) is 5.49. The van der Waals surface area contributed by atoms with Gasteiger partial charge in [0, 0.05) is 17.0 Å². The lowest BCUT2D eigenvalue weighted by molar-refractivity contribution is 0.0844. The molecule has 138 valence electrons. The molecule has 2 aromatic carbocycles. The molecule has 0 fully saturated rings. The molecule has 0 aliphatic heterocycles. The van der Waals surface area contributed by atoms with E-state index in [1.54, 1.807) is 30.3 Å². The highest BCUT2D eigenvalue weighted by molar-refractivity contribution is 6.00. The first-order valence-electron chi connectivity index (χ1n) is 7.88. The van der Waals surface area contributed by atoms with E-state index < -0.39 is 17.4 Å². The van der Waals surface area contributed by atoms with Crippen LogP contribution in [0.4, 0.5) is 0 Å². The zero-order valence-electron chi connectivity index (χ0n) is 14.6. The van der Waals surface area contributed by atoms with Crippen LogP contribution in [0.25, 0.3) is 11.0 Å². The maximum Gasteiger partial charge on any atom is 0.349 e. The van der Waals surface area contributed by atoms with Gasteiger partial charge < -0.3 is 13.9 Å². The van der Waals surface area contributed by atoms with Crippen LogP contribution in [0.1, 0.15) is 20.7 Å². The van der Waals surface area contributed by atoms with Crippen LogP contribution < -0.4 is 26.0 Å². The fraction of sp³-hybridized carbons (Fsp3) is 0.105. The molecule has 0 saturated carbocycles. The zero-order valence-corrected chi connectivity index (χ0v) is 14.6. The molecule has 8 heteroatoms. The molecule has 0 unspecified atom stereocenters. The van der Waals surface area contributed by atoms with Crippen molar-refractivity contribution >= 4 is 22.8 Å². The van der Waals surface area contributed by atoms with Crippen molar-refractivity contribution in [3.05, 3.63) is 70.1 Å². The van der Waals surface area contributed by atoms with E-state index in [9.17, 15) is 14.4 Å². The van der Waals surface area contributed by atoms with Crippen molar-refractivity contribution in [2.24, 2.45) is 0 Å². The third-order valence-electron chi connectivity index (χ3n) is 3.83. The molecule has 0 aliphatic rings. The number of fused-ring (bicyclic) bond motifs is 1. The zero-order chi connectivity index (χ0) is 19.4. The Morgan fingerprint density at radius 1 is 0.852 bits per heavy atom. The number of ether oxygens (including phenoxy) is 2. The summed E-state index contributed by atoms with van der Waals surface area (Å²) in [6, 6.07) is 12.6. The van der Waals surface area contributed by atoms with Gasteiger partial charge in [-0.3, -0.25) is 20.4 Å². The van der Waals surface area contributed by atoms with Gasteiger partial charge >= 0.3 is 5.63 Å². The van der Waals surface area contributed by atoms with Gasteiger partial charge in [-0.2, -0.15) is 0 Å². The predicted molar refractivity (Wildman–Crippen MR) is 97.0 cm³/mol. The molecule has 27 heavy (non-hydrogen) atoms. The van der Waals surface area contributed by atoms with Crippen LogP contribution in [-0.2, 0) is 0 Å². The van der Waals surface area contributed by atoms with Crippen molar-refractivity contribution in [1.29, 1.82) is 0 Å². The number of hydrogen-bond acceptors (Lipinski definition) is 6. The molecule has 8 nitrogen and oxygen atoms in total. The summed E-state index contributed by atoms with van der Waals surface area (Å²) in [7, 11) is 3.01. The second kappa shape index (κ2) is 7.61. The van der Waals surface area contributed by atoms with Crippen molar-refractivity contribution in [2.75, 3.05) is 14.2 Å². The molecule has 3 aromatic rings. The van der Waals surface area contributed by atoms with E-state index in [0.717, 1.165) is 0 Å². The highest BCUT2D eigenvalue weighted by Gasteiger charge is 2.15. The Morgan fingerprint density at radius 3 is 2.15 bits per heavy atom. The van der Waals surface area contributed by atoms with Gasteiger partial charge in [0.15, 0.2) is 0 Å². The Balaban J connectivity index is 1.74. The fourth-order valence-corrected chi connectivity index (χ4v) is 2.37. The number of amides is 2. The highest BCUT2D eigenvalue weighted by Crippen LogP contribution is 2.20. The van der Waals surface area contributed by atoms with Crippen LogP contribution in [0.2, 0.25) is 0 Å². The predicted octanol–water partition coefficient (Wildman–Crippen LogP) is 1.89. The summed E-state index contributed by atoms with van der Waals surface area (Å²) >= 11 is 0. The molecule has 1 aromatic heterocycles. The molecule has 2 amide bonds. The SMILES string of the molecule is COc1ccc(C(=O)NNC(=O)c2cc3ccc(OC)cc3oc2=O)cc1. The van der Waals surface area contributed by atoms with Crippen molar-refractivity contribution in [2.45, 2.75) is 0 Å². The van der Waals surface area contributed by atoms with Gasteiger partial charge in [-0.1, -0.05) is 0 Å². The van der Waals surface area contributed by atoms with E-state index >= 15 is 0 Å². The minimum atomic E-state index is -0.827. The lowest BCUT2D eigenvalue weighted by atomic mass is 10.1. The topological polar surface area (TPSA) is 107 Å². The number of carbonyl (C=O) groups excluding carboxylic acids is 2. The monoisotopic (exact) mass is 368 g/mol. The number of methoxy groups -OCH3 is 2. The summed E-state index contributed by atoms with van der Waals surface area (Å²) in [4.78, 5) is 36.4. The maximum atomic E-state index is 12.2. The van der Waals surface area contributed by atoms with E-state index in [-0.39, 0.29) is 11.1 Å². The van der Waals surface area contributed by atoms with E-state index in [2.05, 4.69) is 10.9 Å². The molecule has 1 heterocycles. The summed E-state index contributed by atoms with van der Waals surface area (Å²) in [5.41, 5.74) is 3.99. The molecule has 3 rings (SSSR count). The van der Waals surface area contributed by atoms with Crippen molar-refractivity contribution in [3.63, 3.8) is 0 Å². The van der Waals surface area contributed by atoms with Crippen molar-refractivity contribution in [1.82, 2.24) is 10.9 Å². The van der Waals surface area contributed by atoms with Crippen LogP contribution in [-0.4, -0.2) is 26.0 Å². The fourth-order valence-electron chi connectivity index (χ4n) is 2.37. The van der Waals surface area contributed by atoms with Crippen LogP contribution in [0.15, 0.2) is 57.7 Å². The van der Waals surface area contributed by atoms with Crippen LogP contribution in [0, 0.1) is 0 Å². The highest BCUT2D eigenvalue weighted by atomic mass is 16.5. The number of benzene rings is 2. The molecule has 2 N–H and O–H groups in total. The minimum Gasteiger partial charge on any atom is -0.497 e. The second-order valence-electron chi connectivity index (χ2n) is 5.49. The maximum absolute atomic E-state index is 12.2. The number of rotatable bonds is 4. The number of hydrazine groups is 1. The van der Waals surface area contributed by atoms with Gasteiger partial charge in [-0.25, -0.2) is 4.79 Å². The Hall–Kier alpha value is -3.81. The molecule has 0 spiro atoms. The number of carbonyl (C=O) groups is 2. The Bertz CT molecular complexity index is 1060. The first kappa shape index (κ1) is 18.0. The van der Waals surface area contributed by atoms with Crippen LogP contribution >= 0.6 is 0 Å². The largest absolute Gasteiger partial charge is 0.497 e. The van der Waals surface area contributed by atoms with Crippen LogP contribution in [0.5, 0.6) is 11.5 Å². The van der Waals surface area contributed by atoms with Gasteiger partial charge in [0.2, 0.25) is 0 Å². The molecule has 0 saturated heterocycles. The normalized spacial score (nSPS) is 10.3. The number of hydrogen-bond donors (Lipinski definition) is 2. The van der Waals surface area contributed by atoms with Gasteiger partial charge in [-0.15, -0.1) is 0 Å². The average molecular weight is 368 g/mol. The minimum absolute atomic E-state index is 0.234. The lowest BCUT2D eigenvalue weighted by Crippen LogP contribution is -2.43. The molecule has 0 radical (unpaired) electrons. The van der Waals surface area contributed by atoms with Crippen LogP contribution in [0.3, 0.4) is 0 Å². The molecular formula is C19H16N2O6. The first-order valence-corrected chi connectivity index (χ1v) is 7.88. The van der Waals surface area contributed by atoms with E-state index in [1.165, 1.54) is 32.4 Å². The van der Waals surface area contributed by atoms with Gasteiger partial charge in [0.1, 0.15) is 22.6 Å². The summed E-state index contributed by atoms with van der Waals surface area (Å²) < 4.78 is 15.2. The van der Waals surface area contributed by atoms with Gasteiger partial charge in [-0.05, 0) is 42.5 Å². The third kappa shape index (κ3) is 3.90. The molecule has 0 bridgehead atoms. The van der Waals surface area contributed by atoms with Gasteiger partial charge in [0.25, 0.3) is 11.8 Å². The smallest absolute Gasteiger partial charge is 0.349 e. The molecule has 0 atom stereocenters. The van der Waals surface area contributed by atoms with E-state index in [4.69, 9.17) is 13.9 Å². The molecular weight excluding hydrogens is 352 g/mol. The lowest BCUT2D eigenvalue weighted by Gasteiger charge is -2.08. The first-order chi connectivity index (χ1) is 13.0. The van der Waals surface area contributed by atoms with Crippen molar-refractivity contribution in [3.8, 4) is 11.5 Å². The quantitative estimate of drug-likeness (QED) is 0.538. The summed E-state index contributed by atoms with van der Waals surface area (Å²) in [5, 5.41) is 0.544. The van der Waals surface area contributed by atoms with E-state index in [0.29, 0.717) is 22.4 Å². The van der Waals surface area contributed by atoms with E-state index in [1.807, 2.05) is 0 Å². The average Bonchev–Trinajstić information content (AvgIpc) is 2.70. The molecule has 0 aliphatic carbocycles. The standard InChI is InChI=1S/C19H16N2O6/c1-25-13-6-3-11(4-7-13)17(22)20-21-18(23)15-9-12-5-8-14(26-2)10-16(12)27-19(15)24/h3-10H,1-2H3,(H,20,22)(H,21,23). The Kier molecular flexibility index (Phi) is 5.07.